The van der Waals surface area contributed by atoms with E-state index in [0.717, 1.165) is 37.0 Å². The van der Waals surface area contributed by atoms with Gasteiger partial charge in [0.25, 0.3) is 5.91 Å². The molecule has 0 spiro atoms. The summed E-state index contributed by atoms with van der Waals surface area (Å²) in [7, 11) is 0. The van der Waals surface area contributed by atoms with Crippen LogP contribution in [-0.4, -0.2) is 30.6 Å². The smallest absolute Gasteiger partial charge is 0.387 e. The Bertz CT molecular complexity index is 755. The Morgan fingerprint density at radius 1 is 1.07 bits per heavy atom. The first-order valence-corrected chi connectivity index (χ1v) is 10.1. The van der Waals surface area contributed by atoms with E-state index < -0.39 is 12.6 Å². The SMILES string of the molecule is O=C(COC(=O)/C=C/c1ccc(OC(F)F)cc1)NC12CC3CC(CC(C3)C1)C2. The van der Waals surface area contributed by atoms with Crippen LogP contribution in [0, 0.1) is 17.8 Å². The van der Waals surface area contributed by atoms with Crippen molar-refractivity contribution in [1.29, 1.82) is 0 Å². The maximum Gasteiger partial charge on any atom is 0.387 e. The Kier molecular flexibility index (Phi) is 5.56. The maximum absolute atomic E-state index is 12.3. The van der Waals surface area contributed by atoms with E-state index in [9.17, 15) is 18.4 Å². The highest BCUT2D eigenvalue weighted by Gasteiger charge is 2.51. The summed E-state index contributed by atoms with van der Waals surface area (Å²) in [5.74, 6) is 1.35. The van der Waals surface area contributed by atoms with Crippen LogP contribution in [0.2, 0.25) is 0 Å². The van der Waals surface area contributed by atoms with Crippen molar-refractivity contribution in [3.05, 3.63) is 35.9 Å². The molecule has 0 unspecified atom stereocenters. The molecule has 5 rings (SSSR count). The fraction of sp³-hybridized carbons (Fsp3) is 0.545. The maximum atomic E-state index is 12.3. The second-order valence-corrected chi connectivity index (χ2v) is 8.63. The highest BCUT2D eigenvalue weighted by Crippen LogP contribution is 2.55. The first-order valence-electron chi connectivity index (χ1n) is 10.1. The Labute approximate surface area is 168 Å². The Balaban J connectivity index is 1.23. The minimum absolute atomic E-state index is 0.0427. The molecule has 4 aliphatic carbocycles. The van der Waals surface area contributed by atoms with Gasteiger partial charge in [-0.3, -0.25) is 4.79 Å². The molecule has 4 saturated carbocycles. The lowest BCUT2D eigenvalue weighted by Crippen LogP contribution is -2.60. The second-order valence-electron chi connectivity index (χ2n) is 8.63. The van der Waals surface area contributed by atoms with E-state index in [0.29, 0.717) is 5.56 Å². The average molecular weight is 405 g/mol. The number of carbonyl (C=O) groups excluding carboxylic acids is 2. The molecule has 0 saturated heterocycles. The minimum Gasteiger partial charge on any atom is -0.452 e. The van der Waals surface area contributed by atoms with E-state index in [-0.39, 0.29) is 23.8 Å². The van der Waals surface area contributed by atoms with E-state index in [2.05, 4.69) is 10.1 Å². The number of amides is 1. The van der Waals surface area contributed by atoms with Crippen molar-refractivity contribution in [2.24, 2.45) is 17.8 Å². The third-order valence-electron chi connectivity index (χ3n) is 6.31. The van der Waals surface area contributed by atoms with Gasteiger partial charge in [0, 0.05) is 11.6 Å². The van der Waals surface area contributed by atoms with Gasteiger partial charge >= 0.3 is 12.6 Å². The van der Waals surface area contributed by atoms with Crippen molar-refractivity contribution in [2.45, 2.75) is 50.7 Å². The number of alkyl halides is 2. The number of halogens is 2. The van der Waals surface area contributed by atoms with Gasteiger partial charge in [-0.05, 0) is 80.1 Å². The molecular formula is C22H25F2NO4. The summed E-state index contributed by atoms with van der Waals surface area (Å²) < 4.78 is 33.6. The highest BCUT2D eigenvalue weighted by molar-refractivity contribution is 5.89. The molecule has 156 valence electrons. The van der Waals surface area contributed by atoms with E-state index in [1.807, 2.05) is 0 Å². The van der Waals surface area contributed by atoms with Gasteiger partial charge in [-0.25, -0.2) is 4.79 Å². The highest BCUT2D eigenvalue weighted by atomic mass is 19.3. The van der Waals surface area contributed by atoms with Crippen molar-refractivity contribution < 1.29 is 27.8 Å². The lowest BCUT2D eigenvalue weighted by molar-refractivity contribution is -0.145. The summed E-state index contributed by atoms with van der Waals surface area (Å²) in [6.45, 7) is -3.18. The molecule has 0 aliphatic heterocycles. The summed E-state index contributed by atoms with van der Waals surface area (Å²) in [4.78, 5) is 24.2. The van der Waals surface area contributed by atoms with Crippen molar-refractivity contribution in [1.82, 2.24) is 5.32 Å². The number of hydrogen-bond donors (Lipinski definition) is 1. The first-order chi connectivity index (χ1) is 13.9. The molecule has 7 heteroatoms. The molecule has 4 fully saturated rings. The van der Waals surface area contributed by atoms with Gasteiger partial charge in [-0.15, -0.1) is 0 Å². The zero-order chi connectivity index (χ0) is 20.4. The molecule has 1 amide bonds. The van der Waals surface area contributed by atoms with Crippen LogP contribution in [0.25, 0.3) is 6.08 Å². The Hall–Kier alpha value is -2.44. The largest absolute Gasteiger partial charge is 0.452 e. The zero-order valence-corrected chi connectivity index (χ0v) is 16.1. The molecule has 0 radical (unpaired) electrons. The number of benzene rings is 1. The standard InChI is InChI=1S/C22H25F2NO4/c23-21(24)29-18-4-1-14(2-5-18)3-6-20(27)28-13-19(26)25-22-10-15-7-16(11-22)9-17(8-15)12-22/h1-6,15-17,21H,7-13H2,(H,25,26)/b6-3+. The van der Waals surface area contributed by atoms with Crippen LogP contribution in [0.5, 0.6) is 5.75 Å². The number of esters is 1. The number of ether oxygens (including phenoxy) is 2. The molecular weight excluding hydrogens is 380 g/mol. The molecule has 5 nitrogen and oxygen atoms in total. The van der Waals surface area contributed by atoms with Crippen molar-refractivity contribution in [3.8, 4) is 5.75 Å². The Morgan fingerprint density at radius 2 is 1.66 bits per heavy atom. The van der Waals surface area contributed by atoms with Gasteiger partial charge in [-0.2, -0.15) is 8.78 Å². The lowest BCUT2D eigenvalue weighted by atomic mass is 9.53. The van der Waals surface area contributed by atoms with Gasteiger partial charge in [-0.1, -0.05) is 12.1 Å². The predicted octanol–water partition coefficient (Wildman–Crippen LogP) is 3.93. The first kappa shape index (κ1) is 19.9. The van der Waals surface area contributed by atoms with Crippen LogP contribution < -0.4 is 10.1 Å². The number of carbonyl (C=O) groups is 2. The van der Waals surface area contributed by atoms with Crippen LogP contribution in [-0.2, 0) is 14.3 Å². The van der Waals surface area contributed by atoms with E-state index in [1.54, 1.807) is 12.1 Å². The monoisotopic (exact) mass is 405 g/mol. The van der Waals surface area contributed by atoms with Crippen LogP contribution in [0.1, 0.15) is 44.1 Å². The number of hydrogen-bond acceptors (Lipinski definition) is 4. The lowest BCUT2D eigenvalue weighted by Gasteiger charge is -2.56. The topological polar surface area (TPSA) is 64.6 Å². The molecule has 4 aliphatic rings. The van der Waals surface area contributed by atoms with E-state index >= 15 is 0 Å². The van der Waals surface area contributed by atoms with Crippen LogP contribution in [0.15, 0.2) is 30.3 Å². The quantitative estimate of drug-likeness (QED) is 0.552. The third kappa shape index (κ3) is 4.95. The van der Waals surface area contributed by atoms with Crippen LogP contribution in [0.3, 0.4) is 0 Å². The molecule has 29 heavy (non-hydrogen) atoms. The molecule has 0 atom stereocenters. The molecule has 4 bridgehead atoms. The molecule has 0 aromatic heterocycles. The van der Waals surface area contributed by atoms with Crippen molar-refractivity contribution >= 4 is 18.0 Å². The Morgan fingerprint density at radius 3 is 2.21 bits per heavy atom. The summed E-state index contributed by atoms with van der Waals surface area (Å²) >= 11 is 0. The van der Waals surface area contributed by atoms with E-state index in [4.69, 9.17) is 4.74 Å². The van der Waals surface area contributed by atoms with Crippen LogP contribution >= 0.6 is 0 Å². The fourth-order valence-corrected chi connectivity index (χ4v) is 5.71. The number of nitrogens with one attached hydrogen (secondary N) is 1. The second kappa shape index (κ2) is 8.13. The third-order valence-corrected chi connectivity index (χ3v) is 6.31. The predicted molar refractivity (Wildman–Crippen MR) is 102 cm³/mol. The summed E-state index contributed by atoms with van der Waals surface area (Å²) in [6.07, 6.45) is 9.72. The fourth-order valence-electron chi connectivity index (χ4n) is 5.71. The van der Waals surface area contributed by atoms with Gasteiger partial charge in [0.1, 0.15) is 5.75 Å². The summed E-state index contributed by atoms with van der Waals surface area (Å²) in [6, 6.07) is 5.86. The van der Waals surface area contributed by atoms with Gasteiger partial charge in [0.05, 0.1) is 0 Å². The minimum atomic E-state index is -2.88. The molecule has 0 heterocycles. The van der Waals surface area contributed by atoms with E-state index in [1.165, 1.54) is 43.5 Å². The molecule has 1 aromatic rings. The normalized spacial score (nSPS) is 30.0. The summed E-state index contributed by atoms with van der Waals surface area (Å²) in [5, 5.41) is 3.16. The van der Waals surface area contributed by atoms with Gasteiger partial charge < -0.3 is 14.8 Å². The van der Waals surface area contributed by atoms with Gasteiger partial charge in [0.2, 0.25) is 0 Å². The average Bonchev–Trinajstić information content (AvgIpc) is 2.64. The van der Waals surface area contributed by atoms with Crippen molar-refractivity contribution in [3.63, 3.8) is 0 Å². The molecule has 1 N–H and O–H groups in total. The van der Waals surface area contributed by atoms with Crippen LogP contribution in [0.4, 0.5) is 8.78 Å². The van der Waals surface area contributed by atoms with Gasteiger partial charge in [0.15, 0.2) is 6.61 Å². The zero-order valence-electron chi connectivity index (χ0n) is 16.1. The summed E-state index contributed by atoms with van der Waals surface area (Å²) in [5.41, 5.74) is 0.525. The number of rotatable bonds is 7. The molecule has 1 aromatic carbocycles. The van der Waals surface area contributed by atoms with Crippen molar-refractivity contribution in [2.75, 3.05) is 6.61 Å².